The number of nitrogens with two attached hydrogens (primary N) is 2. The van der Waals surface area contributed by atoms with E-state index in [4.69, 9.17) is 21.0 Å². The van der Waals surface area contributed by atoms with Gasteiger partial charge in [0.05, 0.1) is 16.6 Å². The minimum absolute atomic E-state index is 0.224. The Morgan fingerprint density at radius 2 is 2.00 bits per heavy atom. The van der Waals surface area contributed by atoms with Gasteiger partial charge in [-0.1, -0.05) is 49.8 Å². The van der Waals surface area contributed by atoms with Crippen LogP contribution in [0.1, 0.15) is 43.4 Å². The normalized spacial score (nSPS) is 14.4. The molecule has 1 unspecified atom stereocenters. The first kappa shape index (κ1) is 21.4. The summed E-state index contributed by atoms with van der Waals surface area (Å²) in [5.41, 5.74) is 16.2. The SMILES string of the molecule is C=C(N)/N=C\C(=C/N)c1ccc(C(C)(c2noc(-c3scnc3C)n2)C(C)C)cc1. The van der Waals surface area contributed by atoms with Gasteiger partial charge in [-0.05, 0) is 30.9 Å². The quantitative estimate of drug-likeness (QED) is 0.549. The van der Waals surface area contributed by atoms with Gasteiger partial charge in [-0.25, -0.2) is 9.98 Å². The fourth-order valence-corrected chi connectivity index (χ4v) is 3.85. The van der Waals surface area contributed by atoms with Crippen molar-refractivity contribution >= 4 is 23.1 Å². The maximum absolute atomic E-state index is 5.76. The number of hydrogen-bond acceptors (Lipinski definition) is 8. The van der Waals surface area contributed by atoms with Crippen LogP contribution < -0.4 is 11.5 Å². The van der Waals surface area contributed by atoms with Crippen LogP contribution in [0.3, 0.4) is 0 Å². The standard InChI is InChI=1S/C22H26N6OS/c1-13(2)22(5,21-27-20(29-28-21)19-14(3)26-12-30-19)18-8-6-16(7-9-18)17(10-23)11-25-15(4)24/h6-13H,4,23-24H2,1-3,5H3/b17-10+,25-11-. The lowest BCUT2D eigenvalue weighted by molar-refractivity contribution is 0.351. The molecule has 7 nitrogen and oxygen atoms in total. The number of benzene rings is 1. The molecule has 3 rings (SSSR count). The lowest BCUT2D eigenvalue weighted by Gasteiger charge is -2.31. The van der Waals surface area contributed by atoms with Crippen LogP contribution in [0, 0.1) is 12.8 Å². The Balaban J connectivity index is 1.98. The smallest absolute Gasteiger partial charge is 0.269 e. The summed E-state index contributed by atoms with van der Waals surface area (Å²) in [4.78, 5) is 13.9. The average Bonchev–Trinajstić information content (AvgIpc) is 3.37. The van der Waals surface area contributed by atoms with E-state index in [1.807, 2.05) is 19.1 Å². The van der Waals surface area contributed by atoms with E-state index in [1.54, 1.807) is 11.7 Å². The first-order chi connectivity index (χ1) is 14.3. The molecular weight excluding hydrogens is 396 g/mol. The molecule has 0 amide bonds. The van der Waals surface area contributed by atoms with Gasteiger partial charge in [0.25, 0.3) is 5.89 Å². The number of aliphatic imine (C=N–C) groups is 1. The van der Waals surface area contributed by atoms with E-state index in [-0.39, 0.29) is 11.7 Å². The minimum atomic E-state index is -0.439. The molecule has 0 saturated heterocycles. The Kier molecular flexibility index (Phi) is 6.17. The summed E-state index contributed by atoms with van der Waals surface area (Å²) in [6.07, 6.45) is 3.09. The van der Waals surface area contributed by atoms with Crippen LogP contribution in [0.5, 0.6) is 0 Å². The highest BCUT2D eigenvalue weighted by molar-refractivity contribution is 7.13. The van der Waals surface area contributed by atoms with E-state index in [2.05, 4.69) is 54.6 Å². The van der Waals surface area contributed by atoms with Crippen LogP contribution in [-0.2, 0) is 5.41 Å². The van der Waals surface area contributed by atoms with Crippen LogP contribution in [0.25, 0.3) is 16.3 Å². The molecule has 0 fully saturated rings. The average molecular weight is 423 g/mol. The molecule has 0 saturated carbocycles. The second kappa shape index (κ2) is 8.62. The van der Waals surface area contributed by atoms with Crippen molar-refractivity contribution in [3.05, 3.63) is 71.0 Å². The highest BCUT2D eigenvalue weighted by Crippen LogP contribution is 2.39. The molecule has 1 aromatic carbocycles. The molecular formula is C22H26N6OS. The summed E-state index contributed by atoms with van der Waals surface area (Å²) >= 11 is 1.49. The molecule has 0 spiro atoms. The second-order valence-corrected chi connectivity index (χ2v) is 8.35. The summed E-state index contributed by atoms with van der Waals surface area (Å²) < 4.78 is 5.59. The second-order valence-electron chi connectivity index (χ2n) is 7.50. The number of nitrogens with zero attached hydrogens (tertiary/aromatic N) is 4. The van der Waals surface area contributed by atoms with E-state index in [9.17, 15) is 0 Å². The van der Waals surface area contributed by atoms with Gasteiger partial charge in [0.1, 0.15) is 10.7 Å². The van der Waals surface area contributed by atoms with Gasteiger partial charge in [0.15, 0.2) is 5.82 Å². The van der Waals surface area contributed by atoms with Crippen LogP contribution in [0.2, 0.25) is 0 Å². The summed E-state index contributed by atoms with van der Waals surface area (Å²) in [6.45, 7) is 11.9. The van der Waals surface area contributed by atoms with E-state index >= 15 is 0 Å². The van der Waals surface area contributed by atoms with Crippen molar-refractivity contribution in [3.8, 4) is 10.8 Å². The molecule has 156 valence electrons. The van der Waals surface area contributed by atoms with Gasteiger partial charge in [0, 0.05) is 18.0 Å². The molecule has 2 aromatic heterocycles. The first-order valence-corrected chi connectivity index (χ1v) is 10.4. The van der Waals surface area contributed by atoms with Crippen molar-refractivity contribution in [2.45, 2.75) is 33.1 Å². The lowest BCUT2D eigenvalue weighted by Crippen LogP contribution is -2.31. The van der Waals surface area contributed by atoms with Crippen LogP contribution in [-0.4, -0.2) is 21.3 Å². The molecule has 0 radical (unpaired) electrons. The zero-order chi connectivity index (χ0) is 21.9. The maximum atomic E-state index is 5.76. The lowest BCUT2D eigenvalue weighted by atomic mass is 9.72. The number of aryl methyl sites for hydroxylation is 1. The number of thiazole rings is 1. The predicted octanol–water partition coefficient (Wildman–Crippen LogP) is 4.26. The highest BCUT2D eigenvalue weighted by atomic mass is 32.1. The van der Waals surface area contributed by atoms with E-state index in [1.165, 1.54) is 17.5 Å². The summed E-state index contributed by atoms with van der Waals surface area (Å²) in [5.74, 6) is 1.59. The van der Waals surface area contributed by atoms with E-state index < -0.39 is 5.41 Å². The minimum Gasteiger partial charge on any atom is -0.404 e. The van der Waals surface area contributed by atoms with Crippen LogP contribution in [0.4, 0.5) is 0 Å². The topological polar surface area (TPSA) is 116 Å². The van der Waals surface area contributed by atoms with Crippen molar-refractivity contribution in [2.75, 3.05) is 0 Å². The van der Waals surface area contributed by atoms with Gasteiger partial charge in [0.2, 0.25) is 0 Å². The summed E-state index contributed by atoms with van der Waals surface area (Å²) in [6, 6.07) is 8.10. The third-order valence-electron chi connectivity index (χ3n) is 5.35. The highest BCUT2D eigenvalue weighted by Gasteiger charge is 2.37. The predicted molar refractivity (Wildman–Crippen MR) is 122 cm³/mol. The van der Waals surface area contributed by atoms with Gasteiger partial charge in [-0.3, -0.25) is 0 Å². The molecule has 2 heterocycles. The van der Waals surface area contributed by atoms with Crippen LogP contribution in [0.15, 0.2) is 57.9 Å². The third kappa shape index (κ3) is 4.04. The Hall–Kier alpha value is -3.26. The number of hydrogen-bond donors (Lipinski definition) is 2. The van der Waals surface area contributed by atoms with Crippen molar-refractivity contribution in [2.24, 2.45) is 22.4 Å². The van der Waals surface area contributed by atoms with Crippen molar-refractivity contribution in [1.29, 1.82) is 0 Å². The molecule has 0 aliphatic carbocycles. The van der Waals surface area contributed by atoms with E-state index in [0.717, 1.165) is 27.3 Å². The van der Waals surface area contributed by atoms with Gasteiger partial charge < -0.3 is 16.0 Å². The number of rotatable bonds is 7. The molecule has 30 heavy (non-hydrogen) atoms. The third-order valence-corrected chi connectivity index (χ3v) is 6.27. The largest absolute Gasteiger partial charge is 0.404 e. The maximum Gasteiger partial charge on any atom is 0.269 e. The first-order valence-electron chi connectivity index (χ1n) is 9.53. The van der Waals surface area contributed by atoms with E-state index in [0.29, 0.717) is 11.7 Å². The molecule has 0 aliphatic rings. The Labute approximate surface area is 180 Å². The Bertz CT molecular complexity index is 1090. The molecule has 0 bridgehead atoms. The van der Waals surface area contributed by atoms with Gasteiger partial charge >= 0.3 is 0 Å². The van der Waals surface area contributed by atoms with Gasteiger partial charge in [-0.15, -0.1) is 11.3 Å². The Morgan fingerprint density at radius 3 is 2.53 bits per heavy atom. The van der Waals surface area contributed by atoms with Crippen molar-refractivity contribution in [3.63, 3.8) is 0 Å². The Morgan fingerprint density at radius 1 is 1.30 bits per heavy atom. The van der Waals surface area contributed by atoms with Crippen molar-refractivity contribution in [1.82, 2.24) is 15.1 Å². The van der Waals surface area contributed by atoms with Gasteiger partial charge in [-0.2, -0.15) is 4.98 Å². The molecule has 0 aliphatic heterocycles. The number of aromatic nitrogens is 3. The molecule has 4 N–H and O–H groups in total. The summed E-state index contributed by atoms with van der Waals surface area (Å²) in [5, 5.41) is 4.32. The molecule has 3 aromatic rings. The van der Waals surface area contributed by atoms with Crippen molar-refractivity contribution < 1.29 is 4.52 Å². The molecule has 8 heteroatoms. The zero-order valence-corrected chi connectivity index (χ0v) is 18.4. The molecule has 1 atom stereocenters. The zero-order valence-electron chi connectivity index (χ0n) is 17.6. The van der Waals surface area contributed by atoms with Crippen LogP contribution >= 0.6 is 11.3 Å². The fraction of sp³-hybridized carbons (Fsp3) is 0.273. The number of allylic oxidation sites excluding steroid dienone is 1. The fourth-order valence-electron chi connectivity index (χ4n) is 3.13. The monoisotopic (exact) mass is 422 g/mol. The summed E-state index contributed by atoms with van der Waals surface area (Å²) in [7, 11) is 0.